The van der Waals surface area contributed by atoms with Crippen LogP contribution in [0.1, 0.15) is 32.6 Å². The first-order valence-electron chi connectivity index (χ1n) is 5.81. The molecule has 14 heavy (non-hydrogen) atoms. The van der Waals surface area contributed by atoms with Gasteiger partial charge in [0.1, 0.15) is 0 Å². The third-order valence-corrected chi connectivity index (χ3v) is 4.35. The zero-order valence-corrected chi connectivity index (χ0v) is 9.81. The van der Waals surface area contributed by atoms with Gasteiger partial charge in [-0.25, -0.2) is 0 Å². The highest BCUT2D eigenvalue weighted by Gasteiger charge is 2.22. The Hall–Kier alpha value is 0.270. The maximum atomic E-state index is 5.36. The van der Waals surface area contributed by atoms with Crippen LogP contribution >= 0.6 is 11.8 Å². The van der Waals surface area contributed by atoms with Gasteiger partial charge in [0.2, 0.25) is 0 Å². The van der Waals surface area contributed by atoms with E-state index in [0.717, 1.165) is 29.8 Å². The van der Waals surface area contributed by atoms with E-state index >= 15 is 0 Å². The molecule has 1 heterocycles. The molecule has 2 fully saturated rings. The standard InChI is InChI=1S/C11H21NOS/c1-9(8-12-10-2-3-10)14-11-4-6-13-7-5-11/h9-12H,2-8H2,1H3. The molecule has 2 rings (SSSR count). The Kier molecular flexibility index (Phi) is 4.14. The quantitative estimate of drug-likeness (QED) is 0.758. The molecule has 1 N–H and O–H groups in total. The predicted octanol–water partition coefficient (Wildman–Crippen LogP) is 2.04. The Morgan fingerprint density at radius 1 is 1.29 bits per heavy atom. The van der Waals surface area contributed by atoms with E-state index in [2.05, 4.69) is 24.0 Å². The monoisotopic (exact) mass is 215 g/mol. The lowest BCUT2D eigenvalue weighted by Gasteiger charge is -2.24. The molecular formula is C11H21NOS. The molecule has 1 unspecified atom stereocenters. The fraction of sp³-hybridized carbons (Fsp3) is 1.00. The molecule has 0 radical (unpaired) electrons. The summed E-state index contributed by atoms with van der Waals surface area (Å²) in [5, 5.41) is 5.20. The van der Waals surface area contributed by atoms with E-state index in [9.17, 15) is 0 Å². The number of hydrogen-bond acceptors (Lipinski definition) is 3. The van der Waals surface area contributed by atoms with Gasteiger partial charge in [-0.15, -0.1) is 0 Å². The summed E-state index contributed by atoms with van der Waals surface area (Å²) in [5.74, 6) is 0. The molecule has 2 nitrogen and oxygen atoms in total. The van der Waals surface area contributed by atoms with Crippen LogP contribution in [-0.2, 0) is 4.74 Å². The van der Waals surface area contributed by atoms with Crippen LogP contribution in [0.15, 0.2) is 0 Å². The minimum atomic E-state index is 0.763. The summed E-state index contributed by atoms with van der Waals surface area (Å²) in [6.45, 7) is 5.48. The molecule has 1 saturated heterocycles. The van der Waals surface area contributed by atoms with Gasteiger partial charge in [-0.05, 0) is 25.7 Å². The van der Waals surface area contributed by atoms with Gasteiger partial charge in [-0.3, -0.25) is 0 Å². The number of hydrogen-bond donors (Lipinski definition) is 1. The van der Waals surface area contributed by atoms with Crippen LogP contribution < -0.4 is 5.32 Å². The highest BCUT2D eigenvalue weighted by atomic mass is 32.2. The highest BCUT2D eigenvalue weighted by molar-refractivity contribution is 8.00. The van der Waals surface area contributed by atoms with Crippen LogP contribution in [0, 0.1) is 0 Å². The first-order chi connectivity index (χ1) is 6.84. The smallest absolute Gasteiger partial charge is 0.0476 e. The molecule has 2 aliphatic rings. The Morgan fingerprint density at radius 3 is 2.64 bits per heavy atom. The van der Waals surface area contributed by atoms with E-state index in [-0.39, 0.29) is 0 Å². The van der Waals surface area contributed by atoms with Crippen molar-refractivity contribution < 1.29 is 4.74 Å². The summed E-state index contributed by atoms with van der Waals surface area (Å²) in [6.07, 6.45) is 5.29. The fourth-order valence-corrected chi connectivity index (χ4v) is 3.12. The van der Waals surface area contributed by atoms with Gasteiger partial charge in [-0.1, -0.05) is 6.92 Å². The molecule has 1 aliphatic heterocycles. The van der Waals surface area contributed by atoms with Crippen LogP contribution in [0.5, 0.6) is 0 Å². The molecule has 1 saturated carbocycles. The lowest BCUT2D eigenvalue weighted by Crippen LogP contribution is -2.27. The van der Waals surface area contributed by atoms with Crippen LogP contribution in [-0.4, -0.2) is 36.3 Å². The Morgan fingerprint density at radius 2 is 2.00 bits per heavy atom. The average molecular weight is 215 g/mol. The maximum absolute atomic E-state index is 5.36. The zero-order chi connectivity index (χ0) is 9.80. The third kappa shape index (κ3) is 3.79. The van der Waals surface area contributed by atoms with Crippen molar-refractivity contribution in [2.75, 3.05) is 19.8 Å². The van der Waals surface area contributed by atoms with E-state index in [1.807, 2.05) is 0 Å². The van der Waals surface area contributed by atoms with Crippen LogP contribution in [0.2, 0.25) is 0 Å². The summed E-state index contributed by atoms with van der Waals surface area (Å²) < 4.78 is 5.36. The first-order valence-corrected chi connectivity index (χ1v) is 6.75. The molecule has 0 amide bonds. The first kappa shape index (κ1) is 10.8. The van der Waals surface area contributed by atoms with E-state index < -0.39 is 0 Å². The van der Waals surface area contributed by atoms with Gasteiger partial charge in [0.05, 0.1) is 0 Å². The van der Waals surface area contributed by atoms with Crippen molar-refractivity contribution in [3.63, 3.8) is 0 Å². The van der Waals surface area contributed by atoms with Crippen molar-refractivity contribution in [2.24, 2.45) is 0 Å². The largest absolute Gasteiger partial charge is 0.381 e. The summed E-state index contributed by atoms with van der Waals surface area (Å²) in [6, 6.07) is 0.854. The van der Waals surface area contributed by atoms with Crippen molar-refractivity contribution >= 4 is 11.8 Å². The summed E-state index contributed by atoms with van der Waals surface area (Å²) in [7, 11) is 0. The second-order valence-electron chi connectivity index (χ2n) is 4.44. The van der Waals surface area contributed by atoms with Gasteiger partial charge in [0.15, 0.2) is 0 Å². The summed E-state index contributed by atoms with van der Waals surface area (Å²) >= 11 is 2.15. The summed E-state index contributed by atoms with van der Waals surface area (Å²) in [5.41, 5.74) is 0. The van der Waals surface area contributed by atoms with E-state index in [1.54, 1.807) is 0 Å². The molecule has 1 aliphatic carbocycles. The molecule has 0 bridgehead atoms. The number of thioether (sulfide) groups is 1. The maximum Gasteiger partial charge on any atom is 0.0476 e. The van der Waals surface area contributed by atoms with Gasteiger partial charge in [-0.2, -0.15) is 11.8 Å². The predicted molar refractivity (Wildman–Crippen MR) is 61.9 cm³/mol. The Bertz CT molecular complexity index is 167. The SMILES string of the molecule is CC(CNC1CC1)SC1CCOCC1. The molecule has 0 aromatic rings. The lowest BCUT2D eigenvalue weighted by atomic mass is 10.2. The fourth-order valence-electron chi connectivity index (χ4n) is 1.81. The van der Waals surface area contributed by atoms with Crippen LogP contribution in [0.4, 0.5) is 0 Å². The second kappa shape index (κ2) is 5.38. The van der Waals surface area contributed by atoms with Crippen LogP contribution in [0.3, 0.4) is 0 Å². The van der Waals surface area contributed by atoms with Gasteiger partial charge < -0.3 is 10.1 Å². The molecule has 0 aromatic carbocycles. The Balaban J connectivity index is 1.57. The molecule has 82 valence electrons. The minimum absolute atomic E-state index is 0.763. The van der Waals surface area contributed by atoms with Crippen molar-refractivity contribution in [3.05, 3.63) is 0 Å². The highest BCUT2D eigenvalue weighted by Crippen LogP contribution is 2.26. The minimum Gasteiger partial charge on any atom is -0.381 e. The molecule has 0 aromatic heterocycles. The molecule has 1 atom stereocenters. The number of ether oxygens (including phenoxy) is 1. The normalized spacial score (nSPS) is 26.4. The number of rotatable bonds is 5. The van der Waals surface area contributed by atoms with E-state index in [4.69, 9.17) is 4.74 Å². The van der Waals surface area contributed by atoms with Crippen LogP contribution in [0.25, 0.3) is 0 Å². The Labute approximate surface area is 91.2 Å². The lowest BCUT2D eigenvalue weighted by molar-refractivity contribution is 0.0999. The zero-order valence-electron chi connectivity index (χ0n) is 9.00. The molecular weight excluding hydrogens is 194 g/mol. The topological polar surface area (TPSA) is 21.3 Å². The van der Waals surface area contributed by atoms with Crippen molar-refractivity contribution in [1.29, 1.82) is 0 Å². The number of nitrogens with one attached hydrogen (secondary N) is 1. The van der Waals surface area contributed by atoms with Gasteiger partial charge in [0, 0.05) is 36.3 Å². The third-order valence-electron chi connectivity index (χ3n) is 2.86. The van der Waals surface area contributed by atoms with E-state index in [0.29, 0.717) is 0 Å². The second-order valence-corrected chi connectivity index (χ2v) is 6.18. The average Bonchev–Trinajstić information content (AvgIpc) is 3.00. The van der Waals surface area contributed by atoms with Crippen molar-refractivity contribution in [3.8, 4) is 0 Å². The van der Waals surface area contributed by atoms with Gasteiger partial charge in [0.25, 0.3) is 0 Å². The molecule has 3 heteroatoms. The van der Waals surface area contributed by atoms with Crippen molar-refractivity contribution in [2.45, 2.75) is 49.1 Å². The van der Waals surface area contributed by atoms with Crippen molar-refractivity contribution in [1.82, 2.24) is 5.32 Å². The van der Waals surface area contributed by atoms with E-state index in [1.165, 1.54) is 32.2 Å². The van der Waals surface area contributed by atoms with Gasteiger partial charge >= 0.3 is 0 Å². The summed E-state index contributed by atoms with van der Waals surface area (Å²) in [4.78, 5) is 0. The molecule has 0 spiro atoms.